The van der Waals surface area contributed by atoms with Gasteiger partial charge in [-0.3, -0.25) is 14.5 Å². The van der Waals surface area contributed by atoms with Gasteiger partial charge >= 0.3 is 6.09 Å². The Kier molecular flexibility index (Phi) is 6.10. The number of nitrogens with one attached hydrogen (secondary N) is 2. The van der Waals surface area contributed by atoms with Gasteiger partial charge in [0, 0.05) is 18.9 Å². The minimum atomic E-state index is -0.533. The Morgan fingerprint density at radius 3 is 2.72 bits per heavy atom. The summed E-state index contributed by atoms with van der Waals surface area (Å²) in [5.74, 6) is -0.225. The third-order valence-electron chi connectivity index (χ3n) is 3.06. The van der Waals surface area contributed by atoms with Gasteiger partial charge < -0.3 is 15.4 Å². The Morgan fingerprint density at radius 2 is 2.04 bits per heavy atom. The molecule has 0 fully saturated rings. The molecule has 2 aromatic heterocycles. The van der Waals surface area contributed by atoms with Gasteiger partial charge in [-0.25, -0.2) is 4.79 Å². The van der Waals surface area contributed by atoms with Gasteiger partial charge in [-0.1, -0.05) is 6.07 Å². The van der Waals surface area contributed by atoms with E-state index in [0.29, 0.717) is 25.2 Å². The molecule has 0 aliphatic heterocycles. The molecule has 0 atom stereocenters. The van der Waals surface area contributed by atoms with Crippen LogP contribution in [0.2, 0.25) is 0 Å². The van der Waals surface area contributed by atoms with Crippen molar-refractivity contribution in [3.63, 3.8) is 0 Å². The van der Waals surface area contributed by atoms with Crippen LogP contribution in [0.25, 0.3) is 0 Å². The van der Waals surface area contributed by atoms with Crippen LogP contribution in [0.15, 0.2) is 36.8 Å². The van der Waals surface area contributed by atoms with Crippen molar-refractivity contribution in [1.82, 2.24) is 25.4 Å². The molecule has 0 radical (unpaired) electrons. The zero-order chi connectivity index (χ0) is 18.3. The highest BCUT2D eigenvalue weighted by Gasteiger charge is 2.15. The van der Waals surface area contributed by atoms with Crippen molar-refractivity contribution in [2.24, 2.45) is 0 Å². The van der Waals surface area contributed by atoms with E-state index in [0.717, 1.165) is 5.69 Å². The molecule has 2 rings (SSSR count). The Balaban J connectivity index is 1.75. The van der Waals surface area contributed by atoms with Gasteiger partial charge in [0.05, 0.1) is 30.5 Å². The summed E-state index contributed by atoms with van der Waals surface area (Å²) in [7, 11) is 0. The number of alkyl carbamates (subject to hydrolysis) is 1. The molecular weight excluding hydrogens is 322 g/mol. The highest BCUT2D eigenvalue weighted by Crippen LogP contribution is 2.06. The Bertz CT molecular complexity index is 707. The lowest BCUT2D eigenvalue weighted by molar-refractivity contribution is 0.0525. The number of carbonyl (C=O) groups excluding carboxylic acids is 2. The van der Waals surface area contributed by atoms with E-state index in [1.807, 2.05) is 18.2 Å². The third kappa shape index (κ3) is 6.62. The number of pyridine rings is 1. The van der Waals surface area contributed by atoms with Crippen LogP contribution >= 0.6 is 0 Å². The van der Waals surface area contributed by atoms with Gasteiger partial charge in [0.1, 0.15) is 5.60 Å². The summed E-state index contributed by atoms with van der Waals surface area (Å²) in [4.78, 5) is 27.8. The maximum atomic E-state index is 12.1. The van der Waals surface area contributed by atoms with Crippen LogP contribution < -0.4 is 10.6 Å². The minimum absolute atomic E-state index is 0.225. The number of ether oxygens (including phenoxy) is 1. The summed E-state index contributed by atoms with van der Waals surface area (Å²) in [6.45, 7) is 6.55. The third-order valence-corrected chi connectivity index (χ3v) is 3.06. The maximum Gasteiger partial charge on any atom is 0.407 e. The zero-order valence-corrected chi connectivity index (χ0v) is 14.7. The Labute approximate surface area is 146 Å². The first-order valence-corrected chi connectivity index (χ1v) is 8.01. The van der Waals surface area contributed by atoms with Crippen molar-refractivity contribution in [3.8, 4) is 0 Å². The number of aromatic nitrogens is 3. The van der Waals surface area contributed by atoms with E-state index in [9.17, 15) is 9.59 Å². The predicted octanol–water partition coefficient (Wildman–Crippen LogP) is 1.73. The van der Waals surface area contributed by atoms with Crippen LogP contribution in [0.5, 0.6) is 0 Å². The lowest BCUT2D eigenvalue weighted by Crippen LogP contribution is -2.34. The normalized spacial score (nSPS) is 11.0. The lowest BCUT2D eigenvalue weighted by atomic mass is 10.2. The SMILES string of the molecule is CC(C)(C)OC(=O)NCCn1cc(C(=O)NCc2ccccn2)cn1. The average molecular weight is 345 g/mol. The van der Waals surface area contributed by atoms with Crippen LogP contribution in [0.1, 0.15) is 36.8 Å². The van der Waals surface area contributed by atoms with E-state index in [4.69, 9.17) is 4.74 Å². The van der Waals surface area contributed by atoms with E-state index in [1.165, 1.54) is 6.20 Å². The quantitative estimate of drug-likeness (QED) is 0.831. The molecule has 0 saturated heterocycles. The molecule has 2 amide bonds. The van der Waals surface area contributed by atoms with Crippen LogP contribution in [0, 0.1) is 0 Å². The molecule has 25 heavy (non-hydrogen) atoms. The lowest BCUT2D eigenvalue weighted by Gasteiger charge is -2.19. The fourth-order valence-corrected chi connectivity index (χ4v) is 1.97. The molecule has 0 aliphatic rings. The number of hydrogen-bond donors (Lipinski definition) is 2. The molecule has 2 heterocycles. The first kappa shape index (κ1) is 18.4. The number of nitrogens with zero attached hydrogens (tertiary/aromatic N) is 3. The molecule has 0 spiro atoms. The van der Waals surface area contributed by atoms with E-state index < -0.39 is 11.7 Å². The van der Waals surface area contributed by atoms with Gasteiger partial charge in [0.2, 0.25) is 0 Å². The van der Waals surface area contributed by atoms with Crippen LogP contribution in [0.3, 0.4) is 0 Å². The first-order chi connectivity index (χ1) is 11.8. The minimum Gasteiger partial charge on any atom is -0.444 e. The predicted molar refractivity (Wildman–Crippen MR) is 91.9 cm³/mol. The second-order valence-corrected chi connectivity index (χ2v) is 6.42. The molecule has 0 saturated carbocycles. The van der Waals surface area contributed by atoms with Gasteiger partial charge in [-0.2, -0.15) is 5.10 Å². The molecule has 0 aliphatic carbocycles. The topological polar surface area (TPSA) is 98.1 Å². The number of carbonyl (C=O) groups is 2. The zero-order valence-electron chi connectivity index (χ0n) is 14.7. The molecule has 2 N–H and O–H groups in total. The second kappa shape index (κ2) is 8.27. The van der Waals surface area contributed by atoms with Crippen molar-refractivity contribution in [2.75, 3.05) is 6.54 Å². The molecule has 8 heteroatoms. The van der Waals surface area contributed by atoms with E-state index in [2.05, 4.69) is 20.7 Å². The summed E-state index contributed by atoms with van der Waals surface area (Å²) in [5.41, 5.74) is 0.701. The van der Waals surface area contributed by atoms with Crippen LogP contribution in [-0.4, -0.2) is 38.9 Å². The molecule has 2 aromatic rings. The number of amides is 2. The fraction of sp³-hybridized carbons (Fsp3) is 0.412. The summed E-state index contributed by atoms with van der Waals surface area (Å²) in [6.07, 6.45) is 4.32. The molecule has 0 bridgehead atoms. The Morgan fingerprint density at radius 1 is 1.24 bits per heavy atom. The highest BCUT2D eigenvalue weighted by molar-refractivity contribution is 5.93. The Hall–Kier alpha value is -2.90. The van der Waals surface area contributed by atoms with Gasteiger partial charge in [0.15, 0.2) is 0 Å². The second-order valence-electron chi connectivity index (χ2n) is 6.42. The number of rotatable bonds is 6. The average Bonchev–Trinajstić information content (AvgIpc) is 3.01. The molecule has 134 valence electrons. The fourth-order valence-electron chi connectivity index (χ4n) is 1.97. The first-order valence-electron chi connectivity index (χ1n) is 8.01. The van der Waals surface area contributed by atoms with Gasteiger partial charge in [-0.05, 0) is 32.9 Å². The molecule has 0 unspecified atom stereocenters. The van der Waals surface area contributed by atoms with Crippen molar-refractivity contribution < 1.29 is 14.3 Å². The van der Waals surface area contributed by atoms with Gasteiger partial charge in [-0.15, -0.1) is 0 Å². The van der Waals surface area contributed by atoms with Crippen molar-refractivity contribution in [1.29, 1.82) is 0 Å². The standard InChI is InChI=1S/C17H23N5O3/c1-17(2,3)25-16(24)19-8-9-22-12-13(10-21-22)15(23)20-11-14-6-4-5-7-18-14/h4-7,10,12H,8-9,11H2,1-3H3,(H,19,24)(H,20,23). The van der Waals surface area contributed by atoms with Crippen LogP contribution in [0.4, 0.5) is 4.79 Å². The molecular formula is C17H23N5O3. The van der Waals surface area contributed by atoms with Gasteiger partial charge in [0.25, 0.3) is 5.91 Å². The highest BCUT2D eigenvalue weighted by atomic mass is 16.6. The molecule has 8 nitrogen and oxygen atoms in total. The summed E-state index contributed by atoms with van der Waals surface area (Å²) < 4.78 is 6.73. The van der Waals surface area contributed by atoms with E-state index in [-0.39, 0.29) is 5.91 Å². The largest absolute Gasteiger partial charge is 0.444 e. The van der Waals surface area contributed by atoms with Crippen molar-refractivity contribution in [2.45, 2.75) is 39.5 Å². The monoisotopic (exact) mass is 345 g/mol. The van der Waals surface area contributed by atoms with Crippen LogP contribution in [-0.2, 0) is 17.8 Å². The van der Waals surface area contributed by atoms with Crippen molar-refractivity contribution >= 4 is 12.0 Å². The van der Waals surface area contributed by atoms with E-state index >= 15 is 0 Å². The molecule has 0 aromatic carbocycles. The summed E-state index contributed by atoms with van der Waals surface area (Å²) >= 11 is 0. The number of hydrogen-bond acceptors (Lipinski definition) is 5. The smallest absolute Gasteiger partial charge is 0.407 e. The maximum absolute atomic E-state index is 12.1. The van der Waals surface area contributed by atoms with E-state index in [1.54, 1.807) is 37.8 Å². The summed E-state index contributed by atoms with van der Waals surface area (Å²) in [6, 6.07) is 5.52. The van der Waals surface area contributed by atoms with Crippen molar-refractivity contribution in [3.05, 3.63) is 48.0 Å². The summed E-state index contributed by atoms with van der Waals surface area (Å²) in [5, 5.41) is 9.54.